The molecule has 2 aromatic carbocycles. The predicted molar refractivity (Wildman–Crippen MR) is 129 cm³/mol. The molecule has 1 heterocycles. The van der Waals surface area contributed by atoms with Gasteiger partial charge in [-0.2, -0.15) is 0 Å². The molecule has 0 bridgehead atoms. The van der Waals surface area contributed by atoms with Gasteiger partial charge in [-0.1, -0.05) is 29.4 Å². The zero-order valence-corrected chi connectivity index (χ0v) is 20.0. The molecule has 7 heteroatoms. The van der Waals surface area contributed by atoms with Crippen molar-refractivity contribution in [1.29, 1.82) is 0 Å². The molecule has 7 nitrogen and oxygen atoms in total. The molecule has 0 aromatic heterocycles. The number of carbonyl (C=O) groups is 1. The Morgan fingerprint density at radius 3 is 2.47 bits per heavy atom. The van der Waals surface area contributed by atoms with Gasteiger partial charge in [-0.05, 0) is 64.2 Å². The third kappa shape index (κ3) is 5.37. The van der Waals surface area contributed by atoms with E-state index in [1.54, 1.807) is 0 Å². The van der Waals surface area contributed by atoms with Crippen LogP contribution < -0.4 is 9.47 Å². The lowest BCUT2D eigenvalue weighted by molar-refractivity contribution is 0.0209. The van der Waals surface area contributed by atoms with Crippen LogP contribution in [0.3, 0.4) is 0 Å². The number of methoxy groups -OCH3 is 1. The molecule has 34 heavy (non-hydrogen) atoms. The molecule has 2 aromatic rings. The lowest BCUT2D eigenvalue weighted by atomic mass is 9.90. The van der Waals surface area contributed by atoms with Gasteiger partial charge in [-0.25, -0.2) is 0 Å². The fourth-order valence-corrected chi connectivity index (χ4v) is 4.01. The van der Waals surface area contributed by atoms with Crippen LogP contribution in [0.15, 0.2) is 47.6 Å². The number of rotatable bonds is 8. The van der Waals surface area contributed by atoms with Crippen LogP contribution in [0.5, 0.6) is 28.7 Å². The highest BCUT2D eigenvalue weighted by Crippen LogP contribution is 2.45. The Morgan fingerprint density at radius 1 is 1.06 bits per heavy atom. The van der Waals surface area contributed by atoms with Crippen LogP contribution in [0.2, 0.25) is 0 Å². The van der Waals surface area contributed by atoms with Crippen LogP contribution in [0.1, 0.15) is 67.6 Å². The van der Waals surface area contributed by atoms with E-state index < -0.39 is 18.0 Å². The molecule has 0 fully saturated rings. The predicted octanol–water partition coefficient (Wildman–Crippen LogP) is 5.11. The van der Waals surface area contributed by atoms with Crippen molar-refractivity contribution in [3.63, 3.8) is 0 Å². The molecule has 0 aliphatic carbocycles. The number of phenols is 3. The van der Waals surface area contributed by atoms with Gasteiger partial charge in [0, 0.05) is 11.6 Å². The summed E-state index contributed by atoms with van der Waals surface area (Å²) in [5, 5.41) is 41.8. The average molecular weight is 469 g/mol. The molecule has 1 aliphatic rings. The van der Waals surface area contributed by atoms with Crippen molar-refractivity contribution in [2.75, 3.05) is 7.11 Å². The number of ether oxygens (including phenoxy) is 2. The lowest BCUT2D eigenvalue weighted by Gasteiger charge is -2.31. The van der Waals surface area contributed by atoms with Gasteiger partial charge in [0.15, 0.2) is 23.7 Å². The minimum absolute atomic E-state index is 0.0143. The first-order chi connectivity index (χ1) is 16.1. The van der Waals surface area contributed by atoms with E-state index in [0.29, 0.717) is 18.4 Å². The highest BCUT2D eigenvalue weighted by molar-refractivity contribution is 6.06. The van der Waals surface area contributed by atoms with Gasteiger partial charge >= 0.3 is 0 Å². The quantitative estimate of drug-likeness (QED) is 0.398. The third-order valence-electron chi connectivity index (χ3n) is 5.91. The molecular weight excluding hydrogens is 436 g/mol. The molecule has 0 amide bonds. The van der Waals surface area contributed by atoms with Gasteiger partial charge in [0.25, 0.3) is 0 Å². The first-order valence-corrected chi connectivity index (χ1v) is 11.3. The summed E-state index contributed by atoms with van der Waals surface area (Å²) in [6, 6.07) is 5.63. The summed E-state index contributed by atoms with van der Waals surface area (Å²) in [6.45, 7) is 6.16. The Morgan fingerprint density at radius 2 is 1.79 bits per heavy atom. The number of phenolic OH excluding ortho intramolecular Hbond substituents is 3. The van der Waals surface area contributed by atoms with E-state index in [1.165, 1.54) is 42.5 Å². The Balaban J connectivity index is 1.83. The molecule has 0 spiro atoms. The van der Waals surface area contributed by atoms with Crippen molar-refractivity contribution in [3.8, 4) is 28.7 Å². The SMILES string of the molecule is COc1cc(C2Oc3cc(O)c(CCC=C(C)CCC=C(C)C)c(O)c3C(=O)C2O)ccc1O. The van der Waals surface area contributed by atoms with Crippen LogP contribution in [-0.4, -0.2) is 39.4 Å². The van der Waals surface area contributed by atoms with Gasteiger partial charge in [-0.15, -0.1) is 0 Å². The summed E-state index contributed by atoms with van der Waals surface area (Å²) in [5.74, 6) is -1.21. The Hall–Kier alpha value is -3.45. The summed E-state index contributed by atoms with van der Waals surface area (Å²) in [4.78, 5) is 13.0. The number of benzene rings is 2. The van der Waals surface area contributed by atoms with E-state index in [-0.39, 0.29) is 39.9 Å². The van der Waals surface area contributed by atoms with Crippen molar-refractivity contribution in [1.82, 2.24) is 0 Å². The number of ketones is 1. The van der Waals surface area contributed by atoms with Gasteiger partial charge in [-0.3, -0.25) is 4.79 Å². The number of hydrogen-bond donors (Lipinski definition) is 4. The number of aliphatic hydroxyl groups excluding tert-OH is 1. The maximum absolute atomic E-state index is 13.0. The fourth-order valence-electron chi connectivity index (χ4n) is 4.01. The Bertz CT molecular complexity index is 1130. The van der Waals surface area contributed by atoms with E-state index in [0.717, 1.165) is 12.8 Å². The molecule has 0 radical (unpaired) electrons. The minimum atomic E-state index is -1.58. The second-order valence-electron chi connectivity index (χ2n) is 8.78. The van der Waals surface area contributed by atoms with Crippen molar-refractivity contribution < 1.29 is 34.7 Å². The van der Waals surface area contributed by atoms with E-state index in [2.05, 4.69) is 26.0 Å². The highest BCUT2D eigenvalue weighted by Gasteiger charge is 2.40. The number of fused-ring (bicyclic) bond motifs is 1. The van der Waals surface area contributed by atoms with Crippen molar-refractivity contribution in [2.24, 2.45) is 0 Å². The second kappa shape index (κ2) is 10.7. The van der Waals surface area contributed by atoms with Crippen LogP contribution in [0, 0.1) is 0 Å². The number of aliphatic hydroxyl groups is 1. The highest BCUT2D eigenvalue weighted by atomic mass is 16.5. The zero-order valence-electron chi connectivity index (χ0n) is 20.0. The number of Topliss-reactive ketones (excluding diaryl/α,β-unsaturated/α-hetero) is 1. The molecule has 2 unspecified atom stereocenters. The first kappa shape index (κ1) is 25.2. The van der Waals surface area contributed by atoms with Crippen molar-refractivity contribution >= 4 is 5.78 Å². The van der Waals surface area contributed by atoms with Gasteiger partial charge in [0.05, 0.1) is 7.11 Å². The van der Waals surface area contributed by atoms with E-state index in [9.17, 15) is 25.2 Å². The standard InChI is InChI=1S/C27H32O7/c1-15(2)7-5-8-16(3)9-6-10-18-20(29)14-22-23(24(18)30)25(31)26(32)27(34-22)17-11-12-19(28)21(13-17)33-4/h7,9,11-14,26-30,32H,5-6,8,10H2,1-4H3. The largest absolute Gasteiger partial charge is 0.507 e. The van der Waals surface area contributed by atoms with Crippen LogP contribution in [0.4, 0.5) is 0 Å². The molecule has 0 saturated heterocycles. The minimum Gasteiger partial charge on any atom is -0.507 e. The topological polar surface area (TPSA) is 116 Å². The smallest absolute Gasteiger partial charge is 0.202 e. The van der Waals surface area contributed by atoms with Crippen LogP contribution in [0.25, 0.3) is 0 Å². The van der Waals surface area contributed by atoms with Crippen LogP contribution >= 0.6 is 0 Å². The summed E-state index contributed by atoms with van der Waals surface area (Å²) < 4.78 is 10.9. The molecule has 0 saturated carbocycles. The molecule has 4 N–H and O–H groups in total. The fraction of sp³-hybridized carbons (Fsp3) is 0.370. The lowest BCUT2D eigenvalue weighted by Crippen LogP contribution is -2.36. The van der Waals surface area contributed by atoms with Gasteiger partial charge in [0.1, 0.15) is 22.8 Å². The Kier molecular flexibility index (Phi) is 7.89. The van der Waals surface area contributed by atoms with Crippen molar-refractivity contribution in [2.45, 2.75) is 58.7 Å². The maximum atomic E-state index is 13.0. The normalized spacial score (nSPS) is 17.7. The molecule has 3 rings (SSSR count). The molecule has 1 aliphatic heterocycles. The summed E-state index contributed by atoms with van der Waals surface area (Å²) in [5.41, 5.74) is 2.97. The number of hydrogen-bond acceptors (Lipinski definition) is 7. The third-order valence-corrected chi connectivity index (χ3v) is 5.91. The number of aromatic hydroxyl groups is 3. The zero-order chi connectivity index (χ0) is 25.0. The van der Waals surface area contributed by atoms with Crippen molar-refractivity contribution in [3.05, 3.63) is 64.3 Å². The maximum Gasteiger partial charge on any atom is 0.202 e. The van der Waals surface area contributed by atoms with E-state index in [4.69, 9.17) is 9.47 Å². The van der Waals surface area contributed by atoms with Gasteiger partial charge < -0.3 is 29.9 Å². The first-order valence-electron chi connectivity index (χ1n) is 11.3. The summed E-state index contributed by atoms with van der Waals surface area (Å²) >= 11 is 0. The summed E-state index contributed by atoms with van der Waals surface area (Å²) in [7, 11) is 1.38. The monoisotopic (exact) mass is 468 g/mol. The summed E-state index contributed by atoms with van der Waals surface area (Å²) in [6.07, 6.45) is 4.34. The van der Waals surface area contributed by atoms with Crippen LogP contribution in [-0.2, 0) is 6.42 Å². The number of carbonyl (C=O) groups excluding carboxylic acids is 1. The molecular formula is C27H32O7. The van der Waals surface area contributed by atoms with E-state index in [1.807, 2.05) is 6.92 Å². The Labute approximate surface area is 199 Å². The second-order valence-corrected chi connectivity index (χ2v) is 8.78. The van der Waals surface area contributed by atoms with Gasteiger partial charge in [0.2, 0.25) is 5.78 Å². The molecule has 182 valence electrons. The number of allylic oxidation sites excluding steroid dienone is 4. The average Bonchev–Trinajstić information content (AvgIpc) is 2.78. The molecule has 2 atom stereocenters. The van der Waals surface area contributed by atoms with E-state index >= 15 is 0 Å².